The second-order valence-corrected chi connectivity index (χ2v) is 14.0. The molecule has 4 aliphatic rings. The Balaban J connectivity index is 1.59. The summed E-state index contributed by atoms with van der Waals surface area (Å²) < 4.78 is 12.2. The Bertz CT molecular complexity index is 1120. The summed E-state index contributed by atoms with van der Waals surface area (Å²) in [6, 6.07) is 0. The molecule has 236 valence electrons. The van der Waals surface area contributed by atoms with Crippen molar-refractivity contribution in [3.63, 3.8) is 0 Å². The van der Waals surface area contributed by atoms with Gasteiger partial charge in [-0.1, -0.05) is 91.2 Å². The number of esters is 2. The summed E-state index contributed by atoms with van der Waals surface area (Å²) in [6.07, 6.45) is 12.6. The molecule has 4 rings (SSSR count). The van der Waals surface area contributed by atoms with Gasteiger partial charge in [0, 0.05) is 48.9 Å². The van der Waals surface area contributed by atoms with E-state index in [2.05, 4.69) is 6.92 Å². The topological polar surface area (TPSA) is 130 Å². The molecule has 0 spiro atoms. The van der Waals surface area contributed by atoms with Crippen LogP contribution in [0.5, 0.6) is 0 Å². The van der Waals surface area contributed by atoms with Crippen LogP contribution in [0.2, 0.25) is 0 Å². The number of carbonyl (C=O) groups excluding carboxylic acids is 3. The van der Waals surface area contributed by atoms with E-state index in [1.165, 1.54) is 39.0 Å². The largest absolute Gasteiger partial charge is 0.458 e. The first-order chi connectivity index (χ1) is 19.7. The molecule has 0 aliphatic heterocycles. The SMILES string of the molecule is CCCCCCCCCCCC(=O)O[C@@H]1[C@@H](C)C2(O)C3C=C(C)C(=O)[C@@]3(O)CC(CO)=C[C@H]2C2C(C)(C)C21OC(C)=O. The minimum atomic E-state index is -1.93. The van der Waals surface area contributed by atoms with E-state index in [4.69, 9.17) is 9.47 Å². The lowest BCUT2D eigenvalue weighted by atomic mass is 9.59. The molecule has 0 aromatic rings. The number of hydrogen-bond donors (Lipinski definition) is 3. The van der Waals surface area contributed by atoms with Crippen molar-refractivity contribution in [2.45, 2.75) is 135 Å². The van der Waals surface area contributed by atoms with E-state index in [1.54, 1.807) is 26.0 Å². The zero-order valence-corrected chi connectivity index (χ0v) is 26.4. The van der Waals surface area contributed by atoms with Crippen LogP contribution in [-0.4, -0.2) is 62.6 Å². The molecule has 8 atom stereocenters. The monoisotopic (exact) mass is 588 g/mol. The van der Waals surface area contributed by atoms with E-state index in [1.807, 2.05) is 13.8 Å². The van der Waals surface area contributed by atoms with Crippen LogP contribution in [-0.2, 0) is 23.9 Å². The molecule has 0 aromatic carbocycles. The van der Waals surface area contributed by atoms with Crippen LogP contribution < -0.4 is 0 Å². The van der Waals surface area contributed by atoms with Crippen LogP contribution in [0.25, 0.3) is 0 Å². The summed E-state index contributed by atoms with van der Waals surface area (Å²) >= 11 is 0. The maximum absolute atomic E-state index is 13.3. The van der Waals surface area contributed by atoms with Gasteiger partial charge in [-0.25, -0.2) is 0 Å². The quantitative estimate of drug-likeness (QED) is 0.156. The number of hydrogen-bond acceptors (Lipinski definition) is 8. The highest BCUT2D eigenvalue weighted by Gasteiger charge is 2.87. The molecule has 0 saturated heterocycles. The number of aliphatic hydroxyl groups is 3. The van der Waals surface area contributed by atoms with Gasteiger partial charge in [0.1, 0.15) is 11.7 Å². The fourth-order valence-corrected chi connectivity index (χ4v) is 8.84. The second kappa shape index (κ2) is 12.2. The van der Waals surface area contributed by atoms with E-state index < -0.39 is 69.7 Å². The van der Waals surface area contributed by atoms with Crippen molar-refractivity contribution in [1.29, 1.82) is 0 Å². The van der Waals surface area contributed by atoms with Crippen LogP contribution in [0, 0.1) is 29.1 Å². The maximum Gasteiger partial charge on any atom is 0.306 e. The molecule has 0 aromatic heterocycles. The zero-order chi connectivity index (χ0) is 31.1. The first-order valence-electron chi connectivity index (χ1n) is 16.1. The van der Waals surface area contributed by atoms with Crippen molar-refractivity contribution in [2.24, 2.45) is 29.1 Å². The van der Waals surface area contributed by atoms with Gasteiger partial charge in [-0.3, -0.25) is 14.4 Å². The van der Waals surface area contributed by atoms with E-state index in [0.717, 1.165) is 19.3 Å². The molecule has 2 saturated carbocycles. The molecule has 0 radical (unpaired) electrons. The minimum Gasteiger partial charge on any atom is -0.458 e. The van der Waals surface area contributed by atoms with Gasteiger partial charge in [0.05, 0.1) is 12.2 Å². The van der Waals surface area contributed by atoms with Crippen LogP contribution >= 0.6 is 0 Å². The molecule has 3 N–H and O–H groups in total. The van der Waals surface area contributed by atoms with Crippen LogP contribution in [0.4, 0.5) is 0 Å². The molecular formula is C34H52O8. The van der Waals surface area contributed by atoms with Crippen molar-refractivity contribution < 1.29 is 39.2 Å². The lowest BCUT2D eigenvalue weighted by Gasteiger charge is -2.53. The first-order valence-corrected chi connectivity index (χ1v) is 16.1. The number of Topliss-reactive ketones (excluding diaryl/α,β-unsaturated/α-hetero) is 1. The lowest BCUT2D eigenvalue weighted by Crippen LogP contribution is -2.66. The Labute approximate surface area is 250 Å². The minimum absolute atomic E-state index is 0.108. The summed E-state index contributed by atoms with van der Waals surface area (Å²) in [5.41, 5.74) is -4.71. The van der Waals surface area contributed by atoms with Crippen molar-refractivity contribution >= 4 is 17.7 Å². The van der Waals surface area contributed by atoms with Gasteiger partial charge in [0.2, 0.25) is 0 Å². The van der Waals surface area contributed by atoms with Gasteiger partial charge in [-0.2, -0.15) is 0 Å². The highest BCUT2D eigenvalue weighted by atomic mass is 16.6. The van der Waals surface area contributed by atoms with Gasteiger partial charge in [0.15, 0.2) is 11.4 Å². The molecule has 4 unspecified atom stereocenters. The third-order valence-electron chi connectivity index (χ3n) is 11.0. The highest BCUT2D eigenvalue weighted by Crippen LogP contribution is 2.77. The fourth-order valence-electron chi connectivity index (χ4n) is 8.84. The Morgan fingerprint density at radius 2 is 1.60 bits per heavy atom. The molecular weight excluding hydrogens is 536 g/mol. The summed E-state index contributed by atoms with van der Waals surface area (Å²) in [5, 5.41) is 34.7. The number of fused-ring (bicyclic) bond motifs is 5. The van der Waals surface area contributed by atoms with Crippen molar-refractivity contribution in [1.82, 2.24) is 0 Å². The van der Waals surface area contributed by atoms with Gasteiger partial charge in [0.25, 0.3) is 0 Å². The molecule has 2 fully saturated rings. The Morgan fingerprint density at radius 1 is 1.00 bits per heavy atom. The third-order valence-corrected chi connectivity index (χ3v) is 11.0. The fraction of sp³-hybridized carbons (Fsp3) is 0.794. The smallest absolute Gasteiger partial charge is 0.306 e. The van der Waals surface area contributed by atoms with E-state index >= 15 is 0 Å². The zero-order valence-electron chi connectivity index (χ0n) is 26.4. The second-order valence-electron chi connectivity index (χ2n) is 14.0. The highest BCUT2D eigenvalue weighted by molar-refractivity contribution is 6.04. The average Bonchev–Trinajstić information content (AvgIpc) is 3.35. The number of carbonyl (C=O) groups is 3. The molecule has 0 amide bonds. The normalized spacial score (nSPS) is 37.9. The van der Waals surface area contributed by atoms with Crippen LogP contribution in [0.1, 0.15) is 112 Å². The van der Waals surface area contributed by atoms with Gasteiger partial charge >= 0.3 is 11.9 Å². The van der Waals surface area contributed by atoms with Crippen molar-refractivity contribution in [3.8, 4) is 0 Å². The van der Waals surface area contributed by atoms with E-state index in [0.29, 0.717) is 17.6 Å². The van der Waals surface area contributed by atoms with Gasteiger partial charge in [-0.15, -0.1) is 0 Å². The average molecular weight is 589 g/mol. The number of ether oxygens (including phenoxy) is 2. The number of ketones is 1. The summed E-state index contributed by atoms with van der Waals surface area (Å²) in [4.78, 5) is 39.0. The Kier molecular flexibility index (Phi) is 9.52. The summed E-state index contributed by atoms with van der Waals surface area (Å²) in [6.45, 7) is 10.4. The summed E-state index contributed by atoms with van der Waals surface area (Å²) in [7, 11) is 0. The number of unbranched alkanes of at least 4 members (excludes halogenated alkanes) is 8. The van der Waals surface area contributed by atoms with Crippen LogP contribution in [0.3, 0.4) is 0 Å². The van der Waals surface area contributed by atoms with Gasteiger partial charge in [-0.05, 0) is 24.5 Å². The molecule has 4 aliphatic carbocycles. The first kappa shape index (κ1) is 32.9. The number of aliphatic hydroxyl groups excluding tert-OH is 1. The predicted octanol–water partition coefficient (Wildman–Crippen LogP) is 4.97. The number of rotatable bonds is 13. The Hall–Kier alpha value is -2.03. The molecule has 42 heavy (non-hydrogen) atoms. The summed E-state index contributed by atoms with van der Waals surface area (Å²) in [5.74, 6) is -4.30. The molecule has 8 nitrogen and oxygen atoms in total. The maximum atomic E-state index is 13.3. The molecule has 8 heteroatoms. The standard InChI is InChI=1S/C34H52O8/c1-7-8-9-10-11-12-13-14-15-16-27(37)41-30-22(3)33(40)25(28-31(5,6)34(28,30)42-23(4)36)18-24(20-35)19-32(39)26(33)17-21(2)29(32)38/h17-18,22,25-26,28,30,35,39-40H,7-16,19-20H2,1-6H3/t22-,25+,26?,28?,30-,32-,33?,34?/m1/s1. The van der Waals surface area contributed by atoms with Crippen LogP contribution in [0.15, 0.2) is 23.3 Å². The molecule has 0 bridgehead atoms. The molecule has 0 heterocycles. The third kappa shape index (κ3) is 5.19. The van der Waals surface area contributed by atoms with Crippen molar-refractivity contribution in [3.05, 3.63) is 23.3 Å². The predicted molar refractivity (Wildman–Crippen MR) is 158 cm³/mol. The Morgan fingerprint density at radius 3 is 2.17 bits per heavy atom. The van der Waals surface area contributed by atoms with E-state index in [-0.39, 0.29) is 19.4 Å². The van der Waals surface area contributed by atoms with E-state index in [9.17, 15) is 29.7 Å². The van der Waals surface area contributed by atoms with Gasteiger partial charge < -0.3 is 24.8 Å². The van der Waals surface area contributed by atoms with Crippen molar-refractivity contribution in [2.75, 3.05) is 6.61 Å². The lowest BCUT2D eigenvalue weighted by molar-refractivity contribution is -0.228.